The van der Waals surface area contributed by atoms with E-state index in [2.05, 4.69) is 5.32 Å². The number of piperidine rings is 1. The van der Waals surface area contributed by atoms with E-state index in [1.165, 1.54) is 11.3 Å². The van der Waals surface area contributed by atoms with Gasteiger partial charge in [0.05, 0.1) is 22.7 Å². The third-order valence-electron chi connectivity index (χ3n) is 4.45. The summed E-state index contributed by atoms with van der Waals surface area (Å²) in [6.07, 6.45) is 0.482. The van der Waals surface area contributed by atoms with Crippen molar-refractivity contribution in [2.45, 2.75) is 32.1 Å². The second kappa shape index (κ2) is 7.90. The van der Waals surface area contributed by atoms with E-state index in [0.29, 0.717) is 10.9 Å². The minimum atomic E-state index is -3.04. The van der Waals surface area contributed by atoms with Crippen molar-refractivity contribution >= 4 is 28.8 Å². The van der Waals surface area contributed by atoms with Gasteiger partial charge in [-0.15, -0.1) is 11.3 Å². The number of carbonyl (C=O) groups excluding carboxylic acids is 2. The van der Waals surface area contributed by atoms with E-state index in [9.17, 15) is 27.2 Å². The van der Waals surface area contributed by atoms with Gasteiger partial charge < -0.3 is 10.2 Å². The van der Waals surface area contributed by atoms with Gasteiger partial charge in [0.2, 0.25) is 0 Å². The zero-order valence-electron chi connectivity index (χ0n) is 15.0. The van der Waals surface area contributed by atoms with Crippen molar-refractivity contribution in [2.75, 3.05) is 18.4 Å². The number of hydrogen-bond donors (Lipinski definition) is 1. The number of thiophene rings is 1. The predicted molar refractivity (Wildman–Crippen MR) is 98.1 cm³/mol. The summed E-state index contributed by atoms with van der Waals surface area (Å²) in [6.45, 7) is 1.16. The summed E-state index contributed by atoms with van der Waals surface area (Å²) >= 11 is 1.24. The van der Waals surface area contributed by atoms with Gasteiger partial charge in [-0.2, -0.15) is 0 Å². The molecule has 1 fully saturated rings. The summed E-state index contributed by atoms with van der Waals surface area (Å²) in [5.41, 5.74) is -0.945. The molecule has 1 aliphatic rings. The van der Waals surface area contributed by atoms with Crippen molar-refractivity contribution in [3.05, 3.63) is 51.2 Å². The van der Waals surface area contributed by atoms with E-state index in [-0.39, 0.29) is 25.1 Å². The number of aryl methyl sites for hydroxylation is 1. The Morgan fingerprint density at radius 3 is 2.61 bits per heavy atom. The maximum atomic E-state index is 14.2. The largest absolute Gasteiger partial charge is 0.333 e. The van der Waals surface area contributed by atoms with Crippen LogP contribution in [0.4, 0.5) is 23.2 Å². The Kier molecular flexibility index (Phi) is 5.74. The fourth-order valence-electron chi connectivity index (χ4n) is 2.99. The van der Waals surface area contributed by atoms with Gasteiger partial charge >= 0.3 is 0 Å². The SMILES string of the molecule is CCc1ccc(C(=O)Nc2cc(C(=O)N3CCCC(F)(F)C3)c(F)cc2F)s1. The van der Waals surface area contributed by atoms with Gasteiger partial charge in [0.15, 0.2) is 0 Å². The average Bonchev–Trinajstić information content (AvgIpc) is 3.12. The molecule has 0 saturated carbocycles. The molecule has 0 spiro atoms. The standard InChI is InChI=1S/C19H18F4N2O2S/c1-2-11-4-5-16(28-11)17(26)24-15-8-12(13(20)9-14(15)21)18(27)25-7-3-6-19(22,23)10-25/h4-5,8-9H,2-3,6-7,10H2,1H3,(H,24,26). The van der Waals surface area contributed by atoms with Crippen molar-refractivity contribution in [3.8, 4) is 0 Å². The highest BCUT2D eigenvalue weighted by Gasteiger charge is 2.38. The number of hydrogen-bond acceptors (Lipinski definition) is 3. The van der Waals surface area contributed by atoms with E-state index >= 15 is 0 Å². The van der Waals surface area contributed by atoms with Crippen molar-refractivity contribution in [2.24, 2.45) is 0 Å². The van der Waals surface area contributed by atoms with E-state index in [4.69, 9.17) is 0 Å². The highest BCUT2D eigenvalue weighted by molar-refractivity contribution is 7.14. The molecule has 1 N–H and O–H groups in total. The molecule has 2 aromatic rings. The Bertz CT molecular complexity index is 913. The number of halogens is 4. The maximum absolute atomic E-state index is 14.2. The molecule has 0 radical (unpaired) electrons. The van der Waals surface area contributed by atoms with Crippen LogP contribution in [0.1, 0.15) is 44.7 Å². The summed E-state index contributed by atoms with van der Waals surface area (Å²) in [7, 11) is 0. The predicted octanol–water partition coefficient (Wildman–Crippen LogP) is 4.71. The van der Waals surface area contributed by atoms with Crippen LogP contribution in [0.2, 0.25) is 0 Å². The molecule has 1 aromatic carbocycles. The molecule has 1 aliphatic heterocycles. The fourth-order valence-corrected chi connectivity index (χ4v) is 3.83. The molecule has 0 unspecified atom stereocenters. The minimum Gasteiger partial charge on any atom is -0.333 e. The van der Waals surface area contributed by atoms with Crippen molar-refractivity contribution in [1.29, 1.82) is 0 Å². The number of alkyl halides is 2. The first-order chi connectivity index (χ1) is 13.2. The van der Waals surface area contributed by atoms with Crippen molar-refractivity contribution in [1.82, 2.24) is 4.90 Å². The van der Waals surface area contributed by atoms with Gasteiger partial charge in [-0.1, -0.05) is 6.92 Å². The Hall–Kier alpha value is -2.42. The van der Waals surface area contributed by atoms with Crippen LogP contribution in [0, 0.1) is 11.6 Å². The van der Waals surface area contributed by atoms with Crippen LogP contribution < -0.4 is 5.32 Å². The lowest BCUT2D eigenvalue weighted by Crippen LogP contribution is -2.45. The van der Waals surface area contributed by atoms with Gasteiger partial charge in [0.25, 0.3) is 17.7 Å². The van der Waals surface area contributed by atoms with Gasteiger partial charge in [-0.3, -0.25) is 9.59 Å². The number of nitrogens with one attached hydrogen (secondary N) is 1. The Morgan fingerprint density at radius 2 is 1.96 bits per heavy atom. The van der Waals surface area contributed by atoms with Crippen LogP contribution in [-0.2, 0) is 6.42 Å². The quantitative estimate of drug-likeness (QED) is 0.737. The summed E-state index contributed by atoms with van der Waals surface area (Å²) in [4.78, 5) is 26.9. The number of likely N-dealkylation sites (tertiary alicyclic amines) is 1. The second-order valence-electron chi connectivity index (χ2n) is 6.57. The highest BCUT2D eigenvalue weighted by atomic mass is 32.1. The molecule has 9 heteroatoms. The summed E-state index contributed by atoms with van der Waals surface area (Å²) in [5, 5.41) is 2.32. The monoisotopic (exact) mass is 414 g/mol. The summed E-state index contributed by atoms with van der Waals surface area (Å²) in [5.74, 6) is -6.83. The van der Waals surface area contributed by atoms with Crippen LogP contribution in [0.15, 0.2) is 24.3 Å². The Labute approximate surface area is 163 Å². The first-order valence-corrected chi connectivity index (χ1v) is 9.58. The lowest BCUT2D eigenvalue weighted by atomic mass is 10.1. The molecule has 0 aliphatic carbocycles. The molecular weight excluding hydrogens is 396 g/mol. The van der Waals surface area contributed by atoms with Gasteiger partial charge in [0.1, 0.15) is 11.6 Å². The van der Waals surface area contributed by atoms with E-state index in [1.807, 2.05) is 6.92 Å². The molecule has 3 rings (SSSR count). The third-order valence-corrected chi connectivity index (χ3v) is 5.68. The van der Waals surface area contributed by atoms with E-state index in [1.54, 1.807) is 12.1 Å². The van der Waals surface area contributed by atoms with Gasteiger partial charge in [0, 0.05) is 23.9 Å². The van der Waals surface area contributed by atoms with E-state index < -0.39 is 41.5 Å². The number of anilines is 1. The lowest BCUT2D eigenvalue weighted by Gasteiger charge is -2.32. The van der Waals surface area contributed by atoms with Crippen LogP contribution in [0.5, 0.6) is 0 Å². The molecule has 0 bridgehead atoms. The minimum absolute atomic E-state index is 0.0575. The first-order valence-electron chi connectivity index (χ1n) is 8.76. The molecule has 2 amide bonds. The number of nitrogens with zero attached hydrogens (tertiary/aromatic N) is 1. The molecular formula is C19H18F4N2O2S. The normalized spacial score (nSPS) is 16.1. The fraction of sp³-hybridized carbons (Fsp3) is 0.368. The number of rotatable bonds is 4. The first kappa shape index (κ1) is 20.3. The molecule has 2 heterocycles. The maximum Gasteiger partial charge on any atom is 0.265 e. The Balaban J connectivity index is 1.84. The number of amides is 2. The average molecular weight is 414 g/mol. The zero-order chi connectivity index (χ0) is 20.5. The second-order valence-corrected chi connectivity index (χ2v) is 7.74. The number of carbonyl (C=O) groups is 2. The third kappa shape index (κ3) is 4.35. The molecule has 1 aromatic heterocycles. The lowest BCUT2D eigenvalue weighted by molar-refractivity contribution is -0.0561. The summed E-state index contributed by atoms with van der Waals surface area (Å²) in [6, 6.07) is 4.68. The van der Waals surface area contributed by atoms with E-state index in [0.717, 1.165) is 22.3 Å². The molecule has 0 atom stereocenters. The summed E-state index contributed by atoms with van der Waals surface area (Å²) < 4.78 is 55.4. The molecule has 1 saturated heterocycles. The smallest absolute Gasteiger partial charge is 0.265 e. The van der Waals surface area contributed by atoms with Crippen LogP contribution in [0.3, 0.4) is 0 Å². The molecule has 28 heavy (non-hydrogen) atoms. The zero-order valence-corrected chi connectivity index (χ0v) is 15.8. The highest BCUT2D eigenvalue weighted by Crippen LogP contribution is 2.29. The number of benzene rings is 1. The molecule has 4 nitrogen and oxygen atoms in total. The van der Waals surface area contributed by atoms with Crippen molar-refractivity contribution < 1.29 is 27.2 Å². The topological polar surface area (TPSA) is 49.4 Å². The van der Waals surface area contributed by atoms with Crippen LogP contribution in [-0.4, -0.2) is 35.7 Å². The van der Waals surface area contributed by atoms with Gasteiger partial charge in [-0.25, -0.2) is 17.6 Å². The van der Waals surface area contributed by atoms with Crippen LogP contribution >= 0.6 is 11.3 Å². The van der Waals surface area contributed by atoms with Gasteiger partial charge in [-0.05, 0) is 31.0 Å². The molecule has 150 valence electrons. The van der Waals surface area contributed by atoms with Crippen LogP contribution in [0.25, 0.3) is 0 Å². The van der Waals surface area contributed by atoms with Crippen molar-refractivity contribution in [3.63, 3.8) is 0 Å². The Morgan fingerprint density at radius 1 is 1.21 bits per heavy atom.